The molecule has 4 nitrogen and oxygen atoms in total. The second kappa shape index (κ2) is 7.53. The molecule has 0 heterocycles. The Morgan fingerprint density at radius 3 is 2.62 bits per heavy atom. The summed E-state index contributed by atoms with van der Waals surface area (Å²) in [5.41, 5.74) is -0.930. The number of rotatable bonds is 6. The molecule has 0 saturated heterocycles. The molecule has 0 fully saturated rings. The fourth-order valence-electron chi connectivity index (χ4n) is 1.70. The van der Waals surface area contributed by atoms with Gasteiger partial charge in [0.2, 0.25) is 0 Å². The molecule has 0 aliphatic rings. The maximum Gasteiger partial charge on any atom is 0.419 e. The van der Waals surface area contributed by atoms with E-state index in [0.717, 1.165) is 12.1 Å². The van der Waals surface area contributed by atoms with Gasteiger partial charge in [-0.05, 0) is 18.6 Å². The number of amides is 1. The van der Waals surface area contributed by atoms with Crippen LogP contribution < -0.4 is 4.74 Å². The molecule has 114 valence electrons. The summed E-state index contributed by atoms with van der Waals surface area (Å²) in [7, 11) is 0. The molecule has 0 atom stereocenters. The molecular weight excluding hydrogens is 285 g/mol. The maximum atomic E-state index is 12.8. The lowest BCUT2D eigenvalue weighted by Gasteiger charge is -2.19. The second-order valence-electron chi connectivity index (χ2n) is 4.26. The van der Waals surface area contributed by atoms with Gasteiger partial charge in [0.15, 0.2) is 6.61 Å². The second-order valence-corrected chi connectivity index (χ2v) is 4.26. The maximum absolute atomic E-state index is 12.8. The number of hydrogen-bond donors (Lipinski definition) is 0. The molecule has 1 amide bonds. The van der Waals surface area contributed by atoms with E-state index in [9.17, 15) is 18.0 Å². The van der Waals surface area contributed by atoms with Crippen molar-refractivity contribution in [2.75, 3.05) is 19.7 Å². The number of carbonyl (C=O) groups is 1. The molecule has 1 aromatic rings. The predicted octanol–water partition coefficient (Wildman–Crippen LogP) is 2.85. The van der Waals surface area contributed by atoms with Gasteiger partial charge in [0, 0.05) is 6.54 Å². The summed E-state index contributed by atoms with van der Waals surface area (Å²) in [6.07, 6.45) is -3.90. The zero-order chi connectivity index (χ0) is 15.9. The standard InChI is InChI=1S/C14H15F3N2O2/c1-2-8-19(9-7-18)13(20)10-21-12-6-4-3-5-11(12)14(15,16)17/h3-6H,2,8-10H2,1H3. The van der Waals surface area contributed by atoms with Crippen LogP contribution in [-0.4, -0.2) is 30.5 Å². The fourth-order valence-corrected chi connectivity index (χ4v) is 1.70. The topological polar surface area (TPSA) is 53.3 Å². The van der Waals surface area contributed by atoms with Gasteiger partial charge in [-0.1, -0.05) is 19.1 Å². The Balaban J connectivity index is 2.75. The number of para-hydroxylation sites is 1. The van der Waals surface area contributed by atoms with E-state index in [2.05, 4.69) is 0 Å². The third-order valence-electron chi connectivity index (χ3n) is 2.65. The van der Waals surface area contributed by atoms with Crippen LogP contribution in [0.25, 0.3) is 0 Å². The Morgan fingerprint density at radius 2 is 2.05 bits per heavy atom. The number of nitrogens with zero attached hydrogens (tertiary/aromatic N) is 2. The van der Waals surface area contributed by atoms with Crippen LogP contribution in [0.3, 0.4) is 0 Å². The predicted molar refractivity (Wildman–Crippen MR) is 69.4 cm³/mol. The zero-order valence-electron chi connectivity index (χ0n) is 11.5. The van der Waals surface area contributed by atoms with E-state index in [1.807, 2.05) is 13.0 Å². The number of ether oxygens (including phenoxy) is 1. The van der Waals surface area contributed by atoms with E-state index in [4.69, 9.17) is 10.00 Å². The lowest BCUT2D eigenvalue weighted by molar-refractivity contribution is -0.140. The molecule has 21 heavy (non-hydrogen) atoms. The zero-order valence-corrected chi connectivity index (χ0v) is 11.5. The van der Waals surface area contributed by atoms with E-state index in [1.54, 1.807) is 0 Å². The molecule has 0 spiro atoms. The highest BCUT2D eigenvalue weighted by Gasteiger charge is 2.34. The number of benzene rings is 1. The summed E-state index contributed by atoms with van der Waals surface area (Å²) < 4.78 is 43.2. The summed E-state index contributed by atoms with van der Waals surface area (Å²) in [5.74, 6) is -0.915. The third-order valence-corrected chi connectivity index (χ3v) is 2.65. The average molecular weight is 300 g/mol. The van der Waals surface area contributed by atoms with Crippen molar-refractivity contribution in [2.24, 2.45) is 0 Å². The summed E-state index contributed by atoms with van der Waals surface area (Å²) in [6.45, 7) is 1.54. The molecule has 0 bridgehead atoms. The molecule has 1 rings (SSSR count). The third kappa shape index (κ3) is 4.99. The number of halogens is 3. The summed E-state index contributed by atoms with van der Waals surface area (Å²) in [4.78, 5) is 13.1. The van der Waals surface area contributed by atoms with Crippen LogP contribution in [0, 0.1) is 11.3 Å². The van der Waals surface area contributed by atoms with E-state index >= 15 is 0 Å². The van der Waals surface area contributed by atoms with Crippen LogP contribution in [0.2, 0.25) is 0 Å². The van der Waals surface area contributed by atoms with Gasteiger partial charge in [-0.2, -0.15) is 18.4 Å². The number of nitriles is 1. The molecule has 1 aromatic carbocycles. The fraction of sp³-hybridized carbons (Fsp3) is 0.429. The Morgan fingerprint density at radius 1 is 1.38 bits per heavy atom. The number of alkyl halides is 3. The summed E-state index contributed by atoms with van der Waals surface area (Å²) in [5, 5.41) is 8.61. The van der Waals surface area contributed by atoms with Crippen LogP contribution in [-0.2, 0) is 11.0 Å². The monoisotopic (exact) mass is 300 g/mol. The minimum atomic E-state index is -4.55. The van der Waals surface area contributed by atoms with E-state index in [-0.39, 0.29) is 6.54 Å². The van der Waals surface area contributed by atoms with Gasteiger partial charge in [0.25, 0.3) is 5.91 Å². The van der Waals surface area contributed by atoms with Crippen LogP contribution >= 0.6 is 0 Å². The Hall–Kier alpha value is -2.23. The van der Waals surface area contributed by atoms with Gasteiger partial charge >= 0.3 is 6.18 Å². The molecule has 0 aliphatic carbocycles. The lowest BCUT2D eigenvalue weighted by Crippen LogP contribution is -2.36. The van der Waals surface area contributed by atoms with Crippen molar-refractivity contribution >= 4 is 5.91 Å². The Kier molecular flexibility index (Phi) is 6.03. The lowest BCUT2D eigenvalue weighted by atomic mass is 10.2. The molecule has 0 aliphatic heterocycles. The average Bonchev–Trinajstić information content (AvgIpc) is 2.44. The van der Waals surface area contributed by atoms with Crippen LogP contribution in [0.15, 0.2) is 24.3 Å². The molecule has 0 radical (unpaired) electrons. The quantitative estimate of drug-likeness (QED) is 0.759. The minimum absolute atomic E-state index is 0.114. The van der Waals surface area contributed by atoms with Crippen molar-refractivity contribution in [1.82, 2.24) is 4.90 Å². The first kappa shape index (κ1) is 16.8. The van der Waals surface area contributed by atoms with Crippen molar-refractivity contribution < 1.29 is 22.7 Å². The number of carbonyl (C=O) groups excluding carboxylic acids is 1. The van der Waals surface area contributed by atoms with Crippen LogP contribution in [0.1, 0.15) is 18.9 Å². The van der Waals surface area contributed by atoms with Gasteiger partial charge in [-0.25, -0.2) is 0 Å². The highest BCUT2D eigenvalue weighted by molar-refractivity contribution is 5.78. The van der Waals surface area contributed by atoms with Crippen molar-refractivity contribution in [3.63, 3.8) is 0 Å². The van der Waals surface area contributed by atoms with Gasteiger partial charge < -0.3 is 9.64 Å². The molecule has 0 N–H and O–H groups in total. The highest BCUT2D eigenvalue weighted by atomic mass is 19.4. The highest BCUT2D eigenvalue weighted by Crippen LogP contribution is 2.35. The summed E-state index contributed by atoms with van der Waals surface area (Å²) >= 11 is 0. The SMILES string of the molecule is CCCN(CC#N)C(=O)COc1ccccc1C(F)(F)F. The van der Waals surface area contributed by atoms with Crippen LogP contribution in [0.5, 0.6) is 5.75 Å². The van der Waals surface area contributed by atoms with Crippen LogP contribution in [0.4, 0.5) is 13.2 Å². The Bertz CT molecular complexity index is 524. The van der Waals surface area contributed by atoms with Gasteiger partial charge in [-0.3, -0.25) is 4.79 Å². The van der Waals surface area contributed by atoms with Gasteiger partial charge in [-0.15, -0.1) is 0 Å². The first-order valence-corrected chi connectivity index (χ1v) is 6.34. The van der Waals surface area contributed by atoms with E-state index in [1.165, 1.54) is 17.0 Å². The molecule has 7 heteroatoms. The van der Waals surface area contributed by atoms with Crippen molar-refractivity contribution in [1.29, 1.82) is 5.26 Å². The summed E-state index contributed by atoms with van der Waals surface area (Å²) in [6, 6.07) is 6.53. The molecule has 0 saturated carbocycles. The number of hydrogen-bond acceptors (Lipinski definition) is 3. The first-order chi connectivity index (χ1) is 9.90. The Labute approximate surface area is 120 Å². The van der Waals surface area contributed by atoms with Gasteiger partial charge in [0.1, 0.15) is 12.3 Å². The van der Waals surface area contributed by atoms with Gasteiger partial charge in [0.05, 0.1) is 11.6 Å². The van der Waals surface area contributed by atoms with Crippen molar-refractivity contribution in [3.05, 3.63) is 29.8 Å². The smallest absolute Gasteiger partial charge is 0.419 e. The normalized spacial score (nSPS) is 10.8. The molecule has 0 unspecified atom stereocenters. The first-order valence-electron chi connectivity index (χ1n) is 6.34. The largest absolute Gasteiger partial charge is 0.483 e. The van der Waals surface area contributed by atoms with Crippen molar-refractivity contribution in [2.45, 2.75) is 19.5 Å². The van der Waals surface area contributed by atoms with E-state index in [0.29, 0.717) is 13.0 Å². The minimum Gasteiger partial charge on any atom is -0.483 e. The molecule has 0 aromatic heterocycles. The molecular formula is C14H15F3N2O2. The van der Waals surface area contributed by atoms with E-state index < -0.39 is 30.0 Å². The van der Waals surface area contributed by atoms with Crippen molar-refractivity contribution in [3.8, 4) is 11.8 Å².